The fraction of sp³-hybridized carbons (Fsp3) is 0.933. The number of hydrogen-bond donors (Lipinski definition) is 3. The summed E-state index contributed by atoms with van der Waals surface area (Å²) in [6, 6.07) is 0.189. The van der Waals surface area contributed by atoms with Gasteiger partial charge in [0.2, 0.25) is 0 Å². The Balaban J connectivity index is 2.16. The molecule has 0 bridgehead atoms. The van der Waals surface area contributed by atoms with Gasteiger partial charge in [-0.25, -0.2) is 4.79 Å². The Kier molecular flexibility index (Phi) is 9.51. The van der Waals surface area contributed by atoms with Crippen LogP contribution in [0.3, 0.4) is 0 Å². The second-order valence-corrected chi connectivity index (χ2v) is 5.70. The monoisotopic (exact) mass is 269 g/mol. The predicted octanol–water partition coefficient (Wildman–Crippen LogP) is 2.92. The molecular formula is C15H31N3O. The molecule has 1 aliphatic carbocycles. The number of carbonyl (C=O) groups is 1. The lowest BCUT2D eigenvalue weighted by molar-refractivity contribution is 0.248. The third-order valence-electron chi connectivity index (χ3n) is 3.96. The van der Waals surface area contributed by atoms with E-state index in [4.69, 9.17) is 5.73 Å². The van der Waals surface area contributed by atoms with E-state index in [1.165, 1.54) is 70.6 Å². The van der Waals surface area contributed by atoms with Gasteiger partial charge in [-0.2, -0.15) is 0 Å². The van der Waals surface area contributed by atoms with Crippen molar-refractivity contribution in [2.75, 3.05) is 13.1 Å². The Morgan fingerprint density at radius 1 is 0.842 bits per heavy atom. The highest BCUT2D eigenvalue weighted by atomic mass is 16.2. The zero-order chi connectivity index (χ0) is 13.8. The Labute approximate surface area is 117 Å². The summed E-state index contributed by atoms with van der Waals surface area (Å²) in [5, 5.41) is 6.19. The number of carbonyl (C=O) groups excluding carboxylic acids is 1. The second kappa shape index (κ2) is 11.1. The van der Waals surface area contributed by atoms with Crippen LogP contribution in [-0.2, 0) is 0 Å². The molecule has 2 amide bonds. The molecule has 1 rings (SSSR count). The van der Waals surface area contributed by atoms with Crippen LogP contribution in [0, 0.1) is 0 Å². The minimum absolute atomic E-state index is 0.430. The molecule has 0 aromatic heterocycles. The van der Waals surface area contributed by atoms with Gasteiger partial charge in [0.1, 0.15) is 0 Å². The highest BCUT2D eigenvalue weighted by Crippen LogP contribution is 2.16. The van der Waals surface area contributed by atoms with Crippen LogP contribution in [0.4, 0.5) is 4.79 Å². The molecule has 112 valence electrons. The highest BCUT2D eigenvalue weighted by molar-refractivity contribution is 5.71. The molecule has 0 aliphatic heterocycles. The topological polar surface area (TPSA) is 67.2 Å². The summed E-state index contributed by atoms with van der Waals surface area (Å²) < 4.78 is 0. The minimum Gasteiger partial charge on any atom is -0.352 e. The zero-order valence-electron chi connectivity index (χ0n) is 12.3. The van der Waals surface area contributed by atoms with Crippen molar-refractivity contribution >= 4 is 6.03 Å². The van der Waals surface area contributed by atoms with Gasteiger partial charge in [0, 0.05) is 19.1 Å². The summed E-state index contributed by atoms with van der Waals surface area (Å²) in [5.41, 5.74) is 5.05. The Morgan fingerprint density at radius 3 is 1.79 bits per heavy atom. The summed E-state index contributed by atoms with van der Waals surface area (Å²) in [4.78, 5) is 10.6. The molecule has 0 radical (unpaired) electrons. The van der Waals surface area contributed by atoms with E-state index >= 15 is 0 Å². The smallest absolute Gasteiger partial charge is 0.312 e. The molecule has 4 nitrogen and oxygen atoms in total. The van der Waals surface area contributed by atoms with Crippen molar-refractivity contribution < 1.29 is 4.79 Å². The summed E-state index contributed by atoms with van der Waals surface area (Å²) in [6.07, 6.45) is 15.0. The molecule has 0 aromatic carbocycles. The number of rotatable bonds is 4. The zero-order valence-corrected chi connectivity index (χ0v) is 12.3. The third kappa shape index (κ3) is 9.77. The molecule has 0 saturated heterocycles. The summed E-state index contributed by atoms with van der Waals surface area (Å²) >= 11 is 0. The average molecular weight is 269 g/mol. The number of nitrogens with one attached hydrogen (secondary N) is 2. The molecule has 0 aromatic rings. The maximum absolute atomic E-state index is 10.6. The van der Waals surface area contributed by atoms with Crippen LogP contribution in [-0.4, -0.2) is 25.2 Å². The Bertz CT molecular complexity index is 221. The fourth-order valence-corrected chi connectivity index (χ4v) is 2.83. The predicted molar refractivity (Wildman–Crippen MR) is 80.2 cm³/mol. The number of urea groups is 1. The summed E-state index contributed by atoms with van der Waals surface area (Å²) in [5.74, 6) is 0. The van der Waals surface area contributed by atoms with E-state index in [1.807, 2.05) is 0 Å². The van der Waals surface area contributed by atoms with E-state index in [0.717, 1.165) is 6.54 Å². The van der Waals surface area contributed by atoms with Gasteiger partial charge in [-0.3, -0.25) is 0 Å². The van der Waals surface area contributed by atoms with Gasteiger partial charge in [0.05, 0.1) is 0 Å². The van der Waals surface area contributed by atoms with Crippen molar-refractivity contribution in [2.45, 2.75) is 76.7 Å². The lowest BCUT2D eigenvalue weighted by atomic mass is 9.98. The van der Waals surface area contributed by atoms with Crippen molar-refractivity contribution in [3.63, 3.8) is 0 Å². The maximum Gasteiger partial charge on any atom is 0.312 e. The maximum atomic E-state index is 10.6. The quantitative estimate of drug-likeness (QED) is 0.687. The van der Waals surface area contributed by atoms with E-state index < -0.39 is 6.03 Å². The van der Waals surface area contributed by atoms with Crippen LogP contribution in [0.5, 0.6) is 0 Å². The Hall–Kier alpha value is -0.770. The highest BCUT2D eigenvalue weighted by Gasteiger charge is 2.08. The van der Waals surface area contributed by atoms with Gasteiger partial charge in [-0.15, -0.1) is 0 Å². The molecule has 4 heteroatoms. The van der Waals surface area contributed by atoms with Gasteiger partial charge in [0.25, 0.3) is 0 Å². The number of primary amides is 1. The Morgan fingerprint density at radius 2 is 1.32 bits per heavy atom. The third-order valence-corrected chi connectivity index (χ3v) is 3.96. The standard InChI is InChI=1S/C15H31N3O/c16-15(19)18-13-12-17-14-10-8-6-4-2-1-3-5-7-9-11-14/h14,17H,1-13H2,(H3,16,18,19). The largest absolute Gasteiger partial charge is 0.352 e. The van der Waals surface area contributed by atoms with Crippen molar-refractivity contribution in [1.82, 2.24) is 10.6 Å². The first-order valence-electron chi connectivity index (χ1n) is 8.06. The molecule has 19 heavy (non-hydrogen) atoms. The molecule has 4 N–H and O–H groups in total. The first kappa shape index (κ1) is 16.3. The average Bonchev–Trinajstić information content (AvgIpc) is 2.36. The van der Waals surface area contributed by atoms with Crippen molar-refractivity contribution in [3.8, 4) is 0 Å². The lowest BCUT2D eigenvalue weighted by Gasteiger charge is -2.19. The van der Waals surface area contributed by atoms with Crippen LogP contribution >= 0.6 is 0 Å². The van der Waals surface area contributed by atoms with E-state index in [9.17, 15) is 4.79 Å². The van der Waals surface area contributed by atoms with Gasteiger partial charge < -0.3 is 16.4 Å². The fourth-order valence-electron chi connectivity index (χ4n) is 2.83. The van der Waals surface area contributed by atoms with E-state index in [-0.39, 0.29) is 0 Å². The molecule has 1 fully saturated rings. The van der Waals surface area contributed by atoms with Gasteiger partial charge in [-0.05, 0) is 12.8 Å². The molecule has 0 unspecified atom stereocenters. The summed E-state index contributed by atoms with van der Waals surface area (Å²) in [6.45, 7) is 1.46. The summed E-state index contributed by atoms with van der Waals surface area (Å²) in [7, 11) is 0. The van der Waals surface area contributed by atoms with Crippen molar-refractivity contribution in [1.29, 1.82) is 0 Å². The molecule has 0 heterocycles. The van der Waals surface area contributed by atoms with Crippen LogP contribution in [0.15, 0.2) is 0 Å². The van der Waals surface area contributed by atoms with Crippen LogP contribution in [0.2, 0.25) is 0 Å². The van der Waals surface area contributed by atoms with Gasteiger partial charge >= 0.3 is 6.03 Å². The van der Waals surface area contributed by atoms with Crippen molar-refractivity contribution in [2.24, 2.45) is 5.73 Å². The van der Waals surface area contributed by atoms with Gasteiger partial charge in [-0.1, -0.05) is 57.8 Å². The van der Waals surface area contributed by atoms with E-state index in [0.29, 0.717) is 12.6 Å². The SMILES string of the molecule is NC(=O)NCCNC1CCCCCCCCCCC1. The number of amides is 2. The van der Waals surface area contributed by atoms with Crippen molar-refractivity contribution in [3.05, 3.63) is 0 Å². The lowest BCUT2D eigenvalue weighted by Crippen LogP contribution is -2.39. The molecule has 1 saturated carbocycles. The minimum atomic E-state index is -0.430. The van der Waals surface area contributed by atoms with E-state index in [2.05, 4.69) is 10.6 Å². The molecule has 1 aliphatic rings. The molecular weight excluding hydrogens is 238 g/mol. The van der Waals surface area contributed by atoms with Crippen LogP contribution in [0.25, 0.3) is 0 Å². The first-order chi connectivity index (χ1) is 9.29. The second-order valence-electron chi connectivity index (χ2n) is 5.70. The number of hydrogen-bond acceptors (Lipinski definition) is 2. The molecule has 0 atom stereocenters. The first-order valence-corrected chi connectivity index (χ1v) is 8.06. The van der Waals surface area contributed by atoms with E-state index in [1.54, 1.807) is 0 Å². The number of nitrogens with two attached hydrogens (primary N) is 1. The van der Waals surface area contributed by atoms with Gasteiger partial charge in [0.15, 0.2) is 0 Å². The van der Waals surface area contributed by atoms with Crippen LogP contribution < -0.4 is 16.4 Å². The normalized spacial score (nSPS) is 20.2. The van der Waals surface area contributed by atoms with Crippen LogP contribution in [0.1, 0.15) is 70.6 Å². The molecule has 0 spiro atoms.